The fraction of sp³-hybridized carbons (Fsp3) is 0.417. The van der Waals surface area contributed by atoms with Crippen LogP contribution in [-0.4, -0.2) is 17.7 Å². The van der Waals surface area contributed by atoms with Gasteiger partial charge in [0.05, 0.1) is 5.25 Å². The number of amides is 1. The summed E-state index contributed by atoms with van der Waals surface area (Å²) < 4.78 is 0.928. The molecule has 0 fully saturated rings. The molecule has 94 valence electrons. The maximum atomic E-state index is 11.7. The zero-order valence-electron chi connectivity index (χ0n) is 10.00. The minimum atomic E-state index is -0.110. The van der Waals surface area contributed by atoms with Crippen LogP contribution in [0.15, 0.2) is 27.6 Å². The minimum absolute atomic E-state index is 0.0700. The summed E-state index contributed by atoms with van der Waals surface area (Å²) in [5.41, 5.74) is 6.38. The number of hydrogen-bond acceptors (Lipinski definition) is 3. The smallest absolute Gasteiger partial charge is 0.233 e. The third-order valence-corrected chi connectivity index (χ3v) is 4.27. The lowest BCUT2D eigenvalue weighted by Gasteiger charge is -2.12. The highest BCUT2D eigenvalue weighted by Gasteiger charge is 2.14. The molecule has 0 saturated heterocycles. The Morgan fingerprint density at radius 3 is 2.88 bits per heavy atom. The Morgan fingerprint density at radius 1 is 1.59 bits per heavy atom. The quantitative estimate of drug-likeness (QED) is 0.648. The molecule has 0 aliphatic rings. The molecule has 0 radical (unpaired) electrons. The van der Waals surface area contributed by atoms with Gasteiger partial charge in [0.1, 0.15) is 0 Å². The normalized spacial score (nSPS) is 12.2. The summed E-state index contributed by atoms with van der Waals surface area (Å²) in [5.74, 6) is 0.0700. The molecule has 0 saturated carbocycles. The summed E-state index contributed by atoms with van der Waals surface area (Å²) in [6, 6.07) is 5.61. The fourth-order valence-electron chi connectivity index (χ4n) is 1.25. The van der Waals surface area contributed by atoms with E-state index in [1.165, 1.54) is 11.8 Å². The van der Waals surface area contributed by atoms with E-state index < -0.39 is 0 Å². The van der Waals surface area contributed by atoms with Crippen molar-refractivity contribution in [1.82, 2.24) is 5.32 Å². The van der Waals surface area contributed by atoms with Crippen LogP contribution in [0, 0.1) is 0 Å². The maximum absolute atomic E-state index is 11.7. The predicted molar refractivity (Wildman–Crippen MR) is 77.2 cm³/mol. The van der Waals surface area contributed by atoms with Crippen molar-refractivity contribution in [2.24, 2.45) is 0 Å². The van der Waals surface area contributed by atoms with Crippen molar-refractivity contribution < 1.29 is 4.79 Å². The number of anilines is 1. The molecule has 0 aromatic heterocycles. The Bertz CT molecular complexity index is 398. The van der Waals surface area contributed by atoms with E-state index in [1.54, 1.807) is 0 Å². The molecular weight excluding hydrogens is 300 g/mol. The molecule has 17 heavy (non-hydrogen) atoms. The van der Waals surface area contributed by atoms with Crippen LogP contribution in [0.4, 0.5) is 5.69 Å². The van der Waals surface area contributed by atoms with Crippen molar-refractivity contribution in [3.63, 3.8) is 0 Å². The highest BCUT2D eigenvalue weighted by atomic mass is 79.9. The standard InChI is InChI=1S/C12H17BrN2OS/c1-3-6-15-12(16)8(2)17-11-5-4-9(14)7-10(11)13/h4-5,7-8H,3,6,14H2,1-2H3,(H,15,16). The van der Waals surface area contributed by atoms with Crippen LogP contribution >= 0.6 is 27.7 Å². The van der Waals surface area contributed by atoms with Gasteiger partial charge in [-0.05, 0) is 47.5 Å². The zero-order valence-corrected chi connectivity index (χ0v) is 12.4. The molecule has 0 aliphatic carbocycles. The highest BCUT2D eigenvalue weighted by molar-refractivity contribution is 9.10. The number of rotatable bonds is 5. The molecule has 0 bridgehead atoms. The molecule has 3 N–H and O–H groups in total. The van der Waals surface area contributed by atoms with Crippen molar-refractivity contribution in [3.8, 4) is 0 Å². The summed E-state index contributed by atoms with van der Waals surface area (Å²) in [6.07, 6.45) is 0.953. The molecule has 1 rings (SSSR count). The number of carbonyl (C=O) groups excluding carboxylic acids is 1. The summed E-state index contributed by atoms with van der Waals surface area (Å²) >= 11 is 4.97. The van der Waals surface area contributed by atoms with Gasteiger partial charge in [0, 0.05) is 21.6 Å². The Balaban J connectivity index is 2.61. The van der Waals surface area contributed by atoms with Gasteiger partial charge < -0.3 is 11.1 Å². The summed E-state index contributed by atoms with van der Waals surface area (Å²) in [4.78, 5) is 12.7. The third-order valence-electron chi connectivity index (χ3n) is 2.18. The minimum Gasteiger partial charge on any atom is -0.399 e. The first kappa shape index (κ1) is 14.4. The molecule has 1 aromatic rings. The van der Waals surface area contributed by atoms with Crippen LogP contribution in [0.5, 0.6) is 0 Å². The van der Waals surface area contributed by atoms with Crippen LogP contribution in [0.25, 0.3) is 0 Å². The van der Waals surface area contributed by atoms with Crippen LogP contribution in [0.1, 0.15) is 20.3 Å². The van der Waals surface area contributed by atoms with E-state index in [0.29, 0.717) is 5.69 Å². The number of hydrogen-bond donors (Lipinski definition) is 2. The Kier molecular flexibility index (Phi) is 5.85. The van der Waals surface area contributed by atoms with E-state index in [0.717, 1.165) is 22.3 Å². The lowest BCUT2D eigenvalue weighted by atomic mass is 10.3. The van der Waals surface area contributed by atoms with Crippen molar-refractivity contribution in [1.29, 1.82) is 0 Å². The van der Waals surface area contributed by atoms with Crippen LogP contribution in [-0.2, 0) is 4.79 Å². The molecule has 1 aromatic carbocycles. The number of benzene rings is 1. The van der Waals surface area contributed by atoms with E-state index in [-0.39, 0.29) is 11.2 Å². The Labute approximate surface area is 115 Å². The van der Waals surface area contributed by atoms with Gasteiger partial charge in [-0.1, -0.05) is 6.92 Å². The van der Waals surface area contributed by atoms with Crippen molar-refractivity contribution >= 4 is 39.3 Å². The average molecular weight is 317 g/mol. The second kappa shape index (κ2) is 6.91. The molecule has 0 heterocycles. The van der Waals surface area contributed by atoms with Gasteiger partial charge in [-0.15, -0.1) is 11.8 Å². The van der Waals surface area contributed by atoms with E-state index in [2.05, 4.69) is 21.2 Å². The fourth-order valence-corrected chi connectivity index (χ4v) is 2.81. The zero-order chi connectivity index (χ0) is 12.8. The molecule has 3 nitrogen and oxygen atoms in total. The number of nitrogen functional groups attached to an aromatic ring is 1. The number of halogens is 1. The molecule has 0 aliphatic heterocycles. The van der Waals surface area contributed by atoms with Gasteiger partial charge in [-0.3, -0.25) is 4.79 Å². The first-order chi connectivity index (χ1) is 8.04. The Hall–Kier alpha value is -0.680. The Morgan fingerprint density at radius 2 is 2.29 bits per heavy atom. The third kappa shape index (κ3) is 4.60. The number of nitrogens with one attached hydrogen (secondary N) is 1. The summed E-state index contributed by atoms with van der Waals surface area (Å²) in [6.45, 7) is 4.67. The summed E-state index contributed by atoms with van der Waals surface area (Å²) in [7, 11) is 0. The molecule has 5 heteroatoms. The van der Waals surface area contributed by atoms with Crippen molar-refractivity contribution in [2.45, 2.75) is 30.4 Å². The monoisotopic (exact) mass is 316 g/mol. The summed E-state index contributed by atoms with van der Waals surface area (Å²) in [5, 5.41) is 2.77. The van der Waals surface area contributed by atoms with Gasteiger partial charge in [0.15, 0.2) is 0 Å². The van der Waals surface area contributed by atoms with Gasteiger partial charge in [0.2, 0.25) is 5.91 Å². The predicted octanol–water partition coefficient (Wildman–Crippen LogP) is 3.04. The molecule has 1 atom stereocenters. The number of thioether (sulfide) groups is 1. The molecule has 1 amide bonds. The largest absolute Gasteiger partial charge is 0.399 e. The van der Waals surface area contributed by atoms with E-state index in [1.807, 2.05) is 32.0 Å². The SMILES string of the molecule is CCCNC(=O)C(C)Sc1ccc(N)cc1Br. The van der Waals surface area contributed by atoms with E-state index in [9.17, 15) is 4.79 Å². The lowest BCUT2D eigenvalue weighted by Crippen LogP contribution is -2.31. The average Bonchev–Trinajstić information content (AvgIpc) is 2.29. The van der Waals surface area contributed by atoms with E-state index >= 15 is 0 Å². The van der Waals surface area contributed by atoms with Gasteiger partial charge >= 0.3 is 0 Å². The molecular formula is C12H17BrN2OS. The first-order valence-electron chi connectivity index (χ1n) is 5.54. The number of nitrogens with two attached hydrogens (primary N) is 1. The van der Waals surface area contributed by atoms with Gasteiger partial charge in [-0.2, -0.15) is 0 Å². The lowest BCUT2D eigenvalue weighted by molar-refractivity contribution is -0.120. The molecule has 0 spiro atoms. The van der Waals surface area contributed by atoms with Gasteiger partial charge in [-0.25, -0.2) is 0 Å². The molecule has 1 unspecified atom stereocenters. The van der Waals surface area contributed by atoms with Crippen molar-refractivity contribution in [3.05, 3.63) is 22.7 Å². The van der Waals surface area contributed by atoms with Crippen molar-refractivity contribution in [2.75, 3.05) is 12.3 Å². The number of carbonyl (C=O) groups is 1. The van der Waals surface area contributed by atoms with Crippen LogP contribution in [0.3, 0.4) is 0 Å². The van der Waals surface area contributed by atoms with E-state index in [4.69, 9.17) is 5.73 Å². The maximum Gasteiger partial charge on any atom is 0.233 e. The highest BCUT2D eigenvalue weighted by Crippen LogP contribution is 2.31. The van der Waals surface area contributed by atoms with Crippen LogP contribution in [0.2, 0.25) is 0 Å². The van der Waals surface area contributed by atoms with Gasteiger partial charge in [0.25, 0.3) is 0 Å². The first-order valence-corrected chi connectivity index (χ1v) is 7.21. The second-order valence-electron chi connectivity index (χ2n) is 3.74. The second-order valence-corrected chi connectivity index (χ2v) is 5.98. The van der Waals surface area contributed by atoms with Crippen LogP contribution < -0.4 is 11.1 Å². The topological polar surface area (TPSA) is 55.1 Å².